The van der Waals surface area contributed by atoms with E-state index in [1.165, 1.54) is 11.6 Å². The van der Waals surface area contributed by atoms with Gasteiger partial charge in [-0.25, -0.2) is 4.39 Å². The maximum atomic E-state index is 13.5. The van der Waals surface area contributed by atoms with Crippen molar-refractivity contribution in [1.29, 1.82) is 5.26 Å². The molecule has 0 amide bonds. The zero-order valence-electron chi connectivity index (χ0n) is 10.7. The third-order valence-electron chi connectivity index (χ3n) is 2.91. The van der Waals surface area contributed by atoms with Crippen molar-refractivity contribution in [2.24, 2.45) is 0 Å². The Kier molecular flexibility index (Phi) is 4.15. The first-order valence-corrected chi connectivity index (χ1v) is 6.20. The summed E-state index contributed by atoms with van der Waals surface area (Å²) in [7, 11) is 0. The number of hydrogen-bond acceptors (Lipinski definition) is 2. The van der Waals surface area contributed by atoms with Crippen LogP contribution in [0.4, 0.5) is 10.1 Å². The lowest BCUT2D eigenvalue weighted by atomic mass is 10.1. The number of nitrogens with one attached hydrogen (secondary N) is 1. The van der Waals surface area contributed by atoms with Crippen LogP contribution >= 0.6 is 0 Å². The van der Waals surface area contributed by atoms with Gasteiger partial charge in [0.2, 0.25) is 0 Å². The van der Waals surface area contributed by atoms with Gasteiger partial charge in [0.15, 0.2) is 0 Å². The van der Waals surface area contributed by atoms with Crippen LogP contribution in [0.1, 0.15) is 18.1 Å². The van der Waals surface area contributed by atoms with E-state index in [9.17, 15) is 4.39 Å². The highest BCUT2D eigenvalue weighted by molar-refractivity contribution is 5.58. The molecule has 2 nitrogen and oxygen atoms in total. The Hall–Kier alpha value is -2.34. The van der Waals surface area contributed by atoms with E-state index in [4.69, 9.17) is 5.26 Å². The van der Waals surface area contributed by atoms with Gasteiger partial charge in [0.25, 0.3) is 0 Å². The topological polar surface area (TPSA) is 35.8 Å². The normalized spacial score (nSPS) is 11.6. The first-order valence-electron chi connectivity index (χ1n) is 6.20. The molecule has 2 aromatic rings. The number of benzene rings is 2. The fraction of sp³-hybridized carbons (Fsp3) is 0.188. The predicted octanol–water partition coefficient (Wildman–Crippen LogP) is 3.74. The lowest BCUT2D eigenvalue weighted by molar-refractivity contribution is 0.624. The summed E-state index contributed by atoms with van der Waals surface area (Å²) in [5, 5.41) is 12.2. The Morgan fingerprint density at radius 2 is 1.89 bits per heavy atom. The van der Waals surface area contributed by atoms with Crippen molar-refractivity contribution >= 4 is 5.69 Å². The third kappa shape index (κ3) is 3.32. The Balaban J connectivity index is 2.10. The smallest absolute Gasteiger partial charge is 0.143 e. The van der Waals surface area contributed by atoms with E-state index >= 15 is 0 Å². The summed E-state index contributed by atoms with van der Waals surface area (Å²) in [5.41, 5.74) is 1.82. The van der Waals surface area contributed by atoms with Crippen molar-refractivity contribution in [2.45, 2.75) is 19.4 Å². The first-order chi connectivity index (χ1) is 9.20. The molecule has 1 unspecified atom stereocenters. The summed E-state index contributed by atoms with van der Waals surface area (Å²) >= 11 is 0. The van der Waals surface area contributed by atoms with Crippen molar-refractivity contribution in [2.75, 3.05) is 5.32 Å². The molecule has 0 fully saturated rings. The summed E-state index contributed by atoms with van der Waals surface area (Å²) in [5.74, 6) is -0.487. The number of anilines is 1. The van der Waals surface area contributed by atoms with Gasteiger partial charge in [-0.3, -0.25) is 0 Å². The van der Waals surface area contributed by atoms with Gasteiger partial charge in [0.1, 0.15) is 17.4 Å². The van der Waals surface area contributed by atoms with Gasteiger partial charge in [-0.15, -0.1) is 0 Å². The fourth-order valence-corrected chi connectivity index (χ4v) is 2.04. The minimum Gasteiger partial charge on any atom is -0.381 e. The second-order valence-electron chi connectivity index (χ2n) is 4.51. The van der Waals surface area contributed by atoms with Crippen LogP contribution in [0.2, 0.25) is 0 Å². The minimum absolute atomic E-state index is 0.0717. The minimum atomic E-state index is -0.487. The number of rotatable bonds is 4. The number of nitriles is 1. The largest absolute Gasteiger partial charge is 0.381 e. The van der Waals surface area contributed by atoms with E-state index in [0.717, 1.165) is 6.42 Å². The summed E-state index contributed by atoms with van der Waals surface area (Å²) in [6.45, 7) is 2.01. The molecule has 19 heavy (non-hydrogen) atoms. The van der Waals surface area contributed by atoms with Crippen LogP contribution in [0.25, 0.3) is 0 Å². The number of halogens is 1. The SMILES string of the molecule is CC(Cc1ccccc1)Nc1cccc(F)c1C#N. The van der Waals surface area contributed by atoms with E-state index < -0.39 is 5.82 Å². The molecule has 0 bridgehead atoms. The van der Waals surface area contributed by atoms with Crippen LogP contribution in [0.5, 0.6) is 0 Å². The summed E-state index contributed by atoms with van der Waals surface area (Å²) in [6.07, 6.45) is 0.822. The second-order valence-corrected chi connectivity index (χ2v) is 4.51. The Labute approximate surface area is 112 Å². The van der Waals surface area contributed by atoms with E-state index in [-0.39, 0.29) is 11.6 Å². The van der Waals surface area contributed by atoms with Gasteiger partial charge >= 0.3 is 0 Å². The summed E-state index contributed by atoms with van der Waals surface area (Å²) in [6, 6.07) is 16.7. The zero-order chi connectivity index (χ0) is 13.7. The van der Waals surface area contributed by atoms with Gasteiger partial charge in [-0.2, -0.15) is 5.26 Å². The molecule has 0 saturated carbocycles. The monoisotopic (exact) mass is 254 g/mol. The summed E-state index contributed by atoms with van der Waals surface area (Å²) < 4.78 is 13.5. The lowest BCUT2D eigenvalue weighted by Gasteiger charge is -2.16. The van der Waals surface area contributed by atoms with E-state index in [1.807, 2.05) is 31.2 Å². The molecule has 1 N–H and O–H groups in total. The van der Waals surface area contributed by atoms with Gasteiger partial charge in [-0.05, 0) is 31.0 Å². The van der Waals surface area contributed by atoms with E-state index in [1.54, 1.807) is 12.1 Å². The molecule has 0 aromatic heterocycles. The maximum Gasteiger partial charge on any atom is 0.143 e. The van der Waals surface area contributed by atoms with Crippen LogP contribution in [-0.2, 0) is 6.42 Å². The van der Waals surface area contributed by atoms with Gasteiger partial charge < -0.3 is 5.32 Å². The standard InChI is InChI=1S/C16H15FN2/c1-12(10-13-6-3-2-4-7-13)19-16-9-5-8-15(17)14(16)11-18/h2-9,12,19H,10H2,1H3. The molecule has 0 aliphatic heterocycles. The van der Waals surface area contributed by atoms with Gasteiger partial charge in [0.05, 0.1) is 5.69 Å². The van der Waals surface area contributed by atoms with Crippen LogP contribution in [0.15, 0.2) is 48.5 Å². The van der Waals surface area contributed by atoms with Crippen molar-refractivity contribution in [3.63, 3.8) is 0 Å². The second kappa shape index (κ2) is 6.01. The fourth-order valence-electron chi connectivity index (χ4n) is 2.04. The molecular formula is C16H15FN2. The molecular weight excluding hydrogens is 239 g/mol. The quantitative estimate of drug-likeness (QED) is 0.902. The number of nitrogens with zero attached hydrogens (tertiary/aromatic N) is 1. The third-order valence-corrected chi connectivity index (χ3v) is 2.91. The average Bonchev–Trinajstić information content (AvgIpc) is 2.40. The van der Waals surface area contributed by atoms with Crippen molar-refractivity contribution < 1.29 is 4.39 Å². The highest BCUT2D eigenvalue weighted by atomic mass is 19.1. The molecule has 3 heteroatoms. The highest BCUT2D eigenvalue weighted by Gasteiger charge is 2.10. The summed E-state index contributed by atoms with van der Waals surface area (Å²) in [4.78, 5) is 0. The van der Waals surface area contributed by atoms with Crippen molar-refractivity contribution in [3.8, 4) is 6.07 Å². The molecule has 0 spiro atoms. The van der Waals surface area contributed by atoms with Crippen LogP contribution in [0, 0.1) is 17.1 Å². The number of hydrogen-bond donors (Lipinski definition) is 1. The predicted molar refractivity (Wildman–Crippen MR) is 74.3 cm³/mol. The molecule has 0 heterocycles. The Morgan fingerprint density at radius 1 is 1.16 bits per heavy atom. The van der Waals surface area contributed by atoms with Gasteiger partial charge in [-0.1, -0.05) is 36.4 Å². The van der Waals surface area contributed by atoms with Crippen LogP contribution in [-0.4, -0.2) is 6.04 Å². The molecule has 2 rings (SSSR count). The van der Waals surface area contributed by atoms with Crippen molar-refractivity contribution in [1.82, 2.24) is 0 Å². The molecule has 0 aliphatic carbocycles. The Morgan fingerprint density at radius 3 is 2.58 bits per heavy atom. The van der Waals surface area contributed by atoms with Crippen LogP contribution < -0.4 is 5.32 Å². The maximum absolute atomic E-state index is 13.5. The van der Waals surface area contributed by atoms with E-state index in [0.29, 0.717) is 5.69 Å². The van der Waals surface area contributed by atoms with Crippen molar-refractivity contribution in [3.05, 3.63) is 65.5 Å². The van der Waals surface area contributed by atoms with Gasteiger partial charge in [0, 0.05) is 6.04 Å². The molecule has 2 aromatic carbocycles. The zero-order valence-corrected chi connectivity index (χ0v) is 10.7. The first kappa shape index (κ1) is 13.1. The lowest BCUT2D eigenvalue weighted by Crippen LogP contribution is -2.19. The molecule has 0 aliphatic rings. The molecule has 1 atom stereocenters. The van der Waals surface area contributed by atoms with Crippen LogP contribution in [0.3, 0.4) is 0 Å². The van der Waals surface area contributed by atoms with E-state index in [2.05, 4.69) is 17.4 Å². The molecule has 96 valence electrons. The molecule has 0 saturated heterocycles. The average molecular weight is 254 g/mol. The highest BCUT2D eigenvalue weighted by Crippen LogP contribution is 2.19. The molecule has 0 radical (unpaired) electrons. The Bertz CT molecular complexity index is 587.